The van der Waals surface area contributed by atoms with Gasteiger partial charge in [-0.05, 0) is 88.5 Å². The molecule has 0 unspecified atom stereocenters. The predicted molar refractivity (Wildman–Crippen MR) is 129 cm³/mol. The molecule has 2 aromatic rings. The van der Waals surface area contributed by atoms with E-state index in [9.17, 15) is 4.79 Å². The molecule has 0 fully saturated rings. The number of rotatable bonds is 6. The molecule has 9 heteroatoms. The number of hydrogen-bond donors (Lipinski definition) is 0. The second kappa shape index (κ2) is 9.73. The first-order valence-corrected chi connectivity index (χ1v) is 11.5. The largest absolute Gasteiger partial charge is 0.490 e. The van der Waals surface area contributed by atoms with Gasteiger partial charge < -0.3 is 9.47 Å². The van der Waals surface area contributed by atoms with E-state index in [-0.39, 0.29) is 5.91 Å². The normalized spacial score (nSPS) is 15.0. The Morgan fingerprint density at radius 2 is 1.77 bits per heavy atom. The maximum Gasteiger partial charge on any atom is 0.280 e. The van der Waals surface area contributed by atoms with Crippen molar-refractivity contribution in [1.29, 1.82) is 0 Å². The second-order valence-electron chi connectivity index (χ2n) is 6.25. The Balaban J connectivity index is 2.03. The van der Waals surface area contributed by atoms with Crippen LogP contribution in [0.5, 0.6) is 11.5 Å². The van der Waals surface area contributed by atoms with Gasteiger partial charge in [0, 0.05) is 4.47 Å². The van der Waals surface area contributed by atoms with Crippen molar-refractivity contribution in [3.05, 3.63) is 54.4 Å². The van der Waals surface area contributed by atoms with E-state index in [4.69, 9.17) is 32.7 Å². The molecule has 0 spiro atoms. The van der Waals surface area contributed by atoms with Gasteiger partial charge in [0.2, 0.25) is 0 Å². The van der Waals surface area contributed by atoms with E-state index in [0.717, 1.165) is 10.0 Å². The van der Waals surface area contributed by atoms with Crippen LogP contribution in [0.15, 0.2) is 43.9 Å². The van der Waals surface area contributed by atoms with Gasteiger partial charge in [-0.2, -0.15) is 10.1 Å². The van der Waals surface area contributed by atoms with E-state index in [2.05, 4.69) is 37.0 Å². The van der Waals surface area contributed by atoms with Gasteiger partial charge in [-0.25, -0.2) is 0 Å². The molecule has 2 aromatic carbocycles. The van der Waals surface area contributed by atoms with Crippen LogP contribution in [0, 0.1) is 0 Å². The molecule has 3 rings (SSSR count). The highest BCUT2D eigenvalue weighted by Crippen LogP contribution is 2.44. The summed E-state index contributed by atoms with van der Waals surface area (Å²) in [6.45, 7) is 6.56. The number of carbonyl (C=O) groups is 1. The fourth-order valence-corrected chi connectivity index (χ4v) is 4.12. The first kappa shape index (κ1) is 23.1. The summed E-state index contributed by atoms with van der Waals surface area (Å²) in [6, 6.07) is 6.77. The van der Waals surface area contributed by atoms with Crippen molar-refractivity contribution in [3.63, 3.8) is 0 Å². The molecule has 1 aliphatic heterocycles. The number of halogens is 4. The van der Waals surface area contributed by atoms with Crippen molar-refractivity contribution in [2.45, 2.75) is 20.8 Å². The van der Waals surface area contributed by atoms with Gasteiger partial charge in [0.15, 0.2) is 11.5 Å². The van der Waals surface area contributed by atoms with E-state index in [1.54, 1.807) is 31.2 Å². The van der Waals surface area contributed by atoms with Crippen LogP contribution in [0.4, 0.5) is 5.69 Å². The Morgan fingerprint density at radius 3 is 2.40 bits per heavy atom. The monoisotopic (exact) mass is 574 g/mol. The molecule has 158 valence electrons. The smallest absolute Gasteiger partial charge is 0.280 e. The molecule has 1 heterocycles. The van der Waals surface area contributed by atoms with Crippen LogP contribution in [0.1, 0.15) is 26.3 Å². The Bertz CT molecular complexity index is 1070. The molecule has 0 saturated heterocycles. The highest BCUT2D eigenvalue weighted by Gasteiger charge is 2.29. The third-order valence-electron chi connectivity index (χ3n) is 4.25. The van der Waals surface area contributed by atoms with Crippen LogP contribution >= 0.6 is 55.1 Å². The molecule has 0 bridgehead atoms. The minimum absolute atomic E-state index is 0.263. The number of hydrogen-bond acceptors (Lipinski definition) is 4. The number of ether oxygens (including phenoxy) is 2. The van der Waals surface area contributed by atoms with Crippen molar-refractivity contribution < 1.29 is 14.3 Å². The van der Waals surface area contributed by atoms with Crippen molar-refractivity contribution >= 4 is 78.4 Å². The molecule has 1 amide bonds. The minimum atomic E-state index is -0.263. The van der Waals surface area contributed by atoms with E-state index in [1.807, 2.05) is 19.9 Å². The Hall–Kier alpha value is -1.54. The highest BCUT2D eigenvalue weighted by atomic mass is 79.9. The Labute approximate surface area is 201 Å². The topological polar surface area (TPSA) is 51.1 Å². The van der Waals surface area contributed by atoms with Crippen LogP contribution in [0.25, 0.3) is 6.08 Å². The van der Waals surface area contributed by atoms with Gasteiger partial charge in [-0.3, -0.25) is 4.79 Å². The van der Waals surface area contributed by atoms with Crippen molar-refractivity contribution in [1.82, 2.24) is 0 Å². The maximum absolute atomic E-state index is 13.1. The summed E-state index contributed by atoms with van der Waals surface area (Å²) >= 11 is 19.2. The number of carbonyl (C=O) groups excluding carboxylic acids is 1. The highest BCUT2D eigenvalue weighted by molar-refractivity contribution is 9.13. The molecule has 0 aliphatic carbocycles. The fourth-order valence-electron chi connectivity index (χ4n) is 2.88. The summed E-state index contributed by atoms with van der Waals surface area (Å²) in [7, 11) is 0. The summed E-state index contributed by atoms with van der Waals surface area (Å²) in [5.41, 5.74) is 2.34. The summed E-state index contributed by atoms with van der Waals surface area (Å²) in [4.78, 5) is 13.1. The molecule has 1 aliphatic rings. The number of nitrogens with zero attached hydrogens (tertiary/aromatic N) is 2. The SMILES string of the molecule is CCOc1cc(/C=C2/C(=O)N(c3ccc(Cl)c(Cl)c3)N=C2C)c(Br)c(Br)c1OCC. The molecule has 5 nitrogen and oxygen atoms in total. The van der Waals surface area contributed by atoms with Crippen LogP contribution in [-0.4, -0.2) is 24.8 Å². The first-order chi connectivity index (χ1) is 14.3. The number of benzene rings is 2. The zero-order valence-electron chi connectivity index (χ0n) is 16.4. The minimum Gasteiger partial charge on any atom is -0.490 e. The lowest BCUT2D eigenvalue weighted by molar-refractivity contribution is -0.114. The fraction of sp³-hybridized carbons (Fsp3) is 0.238. The van der Waals surface area contributed by atoms with Crippen molar-refractivity contribution in [2.24, 2.45) is 5.10 Å². The molecule has 0 radical (unpaired) electrons. The van der Waals surface area contributed by atoms with Gasteiger partial charge in [0.25, 0.3) is 5.91 Å². The van der Waals surface area contributed by atoms with Crippen molar-refractivity contribution in [2.75, 3.05) is 18.2 Å². The van der Waals surface area contributed by atoms with Crippen LogP contribution in [0.3, 0.4) is 0 Å². The number of anilines is 1. The molecular formula is C21H18Br2Cl2N2O3. The van der Waals surface area contributed by atoms with Gasteiger partial charge in [0.1, 0.15) is 0 Å². The predicted octanol–water partition coefficient (Wildman–Crippen LogP) is 7.12. The molecule has 0 atom stereocenters. The lowest BCUT2D eigenvalue weighted by atomic mass is 10.1. The van der Waals surface area contributed by atoms with Gasteiger partial charge in [-0.15, -0.1) is 0 Å². The van der Waals surface area contributed by atoms with E-state index in [1.165, 1.54) is 5.01 Å². The summed E-state index contributed by atoms with van der Waals surface area (Å²) in [5.74, 6) is 0.928. The van der Waals surface area contributed by atoms with Crippen molar-refractivity contribution in [3.8, 4) is 11.5 Å². The van der Waals surface area contributed by atoms with Crippen LogP contribution in [-0.2, 0) is 4.79 Å². The van der Waals surface area contributed by atoms with Crippen LogP contribution in [0.2, 0.25) is 10.0 Å². The maximum atomic E-state index is 13.1. The molecule has 0 saturated carbocycles. The zero-order chi connectivity index (χ0) is 22.0. The van der Waals surface area contributed by atoms with E-state index >= 15 is 0 Å². The summed E-state index contributed by atoms with van der Waals surface area (Å²) < 4.78 is 12.9. The first-order valence-electron chi connectivity index (χ1n) is 9.12. The van der Waals surface area contributed by atoms with E-state index in [0.29, 0.717) is 56.2 Å². The van der Waals surface area contributed by atoms with Gasteiger partial charge >= 0.3 is 0 Å². The zero-order valence-corrected chi connectivity index (χ0v) is 21.1. The lowest BCUT2D eigenvalue weighted by Crippen LogP contribution is -2.21. The van der Waals surface area contributed by atoms with Gasteiger partial charge in [0.05, 0.1) is 44.7 Å². The standard InChI is InChI=1S/C21H18Br2Cl2N2O3/c1-4-29-17-9-12(18(22)19(23)20(17)30-5-2)8-14-11(3)26-27(21(14)28)13-6-7-15(24)16(25)10-13/h6-10H,4-5H2,1-3H3/b14-8+. The van der Waals surface area contributed by atoms with Gasteiger partial charge in [-0.1, -0.05) is 23.2 Å². The second-order valence-corrected chi connectivity index (χ2v) is 8.65. The third-order valence-corrected chi connectivity index (χ3v) is 7.14. The average Bonchev–Trinajstić information content (AvgIpc) is 2.99. The Morgan fingerprint density at radius 1 is 1.07 bits per heavy atom. The molecule has 30 heavy (non-hydrogen) atoms. The quantitative estimate of drug-likeness (QED) is 0.344. The number of amides is 1. The molecular weight excluding hydrogens is 559 g/mol. The van der Waals surface area contributed by atoms with Crippen LogP contribution < -0.4 is 14.5 Å². The Kier molecular flexibility index (Phi) is 7.50. The third kappa shape index (κ3) is 4.54. The molecule has 0 N–H and O–H groups in total. The lowest BCUT2D eigenvalue weighted by Gasteiger charge is -2.16. The van der Waals surface area contributed by atoms with E-state index < -0.39 is 0 Å². The molecule has 0 aromatic heterocycles. The summed E-state index contributed by atoms with van der Waals surface area (Å²) in [6.07, 6.45) is 1.77. The number of hydrazone groups is 1. The summed E-state index contributed by atoms with van der Waals surface area (Å²) in [5, 5.41) is 6.47. The average molecular weight is 577 g/mol.